The van der Waals surface area contributed by atoms with Crippen LogP contribution in [0.2, 0.25) is 0 Å². The molecule has 0 saturated heterocycles. The lowest BCUT2D eigenvalue weighted by Gasteiger charge is -1.78. The zero-order valence-electron chi connectivity index (χ0n) is 3.98. The molecule has 0 fully saturated rings. The van der Waals surface area contributed by atoms with Crippen molar-refractivity contribution in [2.24, 2.45) is 0 Å². The number of carbonyl (C=O) groups is 1. The van der Waals surface area contributed by atoms with Gasteiger partial charge in [-0.15, -0.1) is 0 Å². The van der Waals surface area contributed by atoms with Gasteiger partial charge in [0.05, 0.1) is 0 Å². The van der Waals surface area contributed by atoms with Crippen molar-refractivity contribution in [1.82, 2.24) is 0 Å². The number of allylic oxidation sites excluding steroid dienone is 3. The molecule has 0 aromatic heterocycles. The monoisotopic (exact) mass is 94.0 g/mol. The molecule has 0 saturated carbocycles. The molecule has 0 heterocycles. The van der Waals surface area contributed by atoms with E-state index >= 15 is 0 Å². The number of carbonyl (C=O) groups excluding carboxylic acids is 1. The van der Waals surface area contributed by atoms with Crippen LogP contribution >= 0.6 is 0 Å². The minimum atomic E-state index is 0.639. The van der Waals surface area contributed by atoms with E-state index in [0.717, 1.165) is 18.3 Å². The average Bonchev–Trinajstić information content (AvgIpc) is 2.44. The molecule has 1 heteroatoms. The summed E-state index contributed by atoms with van der Waals surface area (Å²) in [6.07, 6.45) is 3.74. The zero-order chi connectivity index (χ0) is 5.28. The van der Waals surface area contributed by atoms with Crippen LogP contribution in [0.4, 0.5) is 0 Å². The molecular weight excluding hydrogens is 88.1 g/mol. The van der Waals surface area contributed by atoms with Gasteiger partial charge in [0, 0.05) is 5.57 Å². The third kappa shape index (κ3) is 0.769. The van der Waals surface area contributed by atoms with E-state index in [1.165, 1.54) is 0 Å². The SMILES string of the molecule is C=C(C=O)C1=CC1. The second kappa shape index (κ2) is 1.34. The molecule has 1 rings (SSSR count). The van der Waals surface area contributed by atoms with Crippen LogP contribution < -0.4 is 0 Å². The third-order valence-corrected chi connectivity index (χ3v) is 0.963. The first-order valence-corrected chi connectivity index (χ1v) is 2.18. The van der Waals surface area contributed by atoms with E-state index in [0.29, 0.717) is 5.57 Å². The molecule has 0 spiro atoms. The zero-order valence-corrected chi connectivity index (χ0v) is 3.98. The summed E-state index contributed by atoms with van der Waals surface area (Å²) >= 11 is 0. The van der Waals surface area contributed by atoms with Gasteiger partial charge in [0.15, 0.2) is 0 Å². The Morgan fingerprint density at radius 2 is 2.57 bits per heavy atom. The second-order valence-corrected chi connectivity index (χ2v) is 1.58. The van der Waals surface area contributed by atoms with Gasteiger partial charge in [-0.05, 0) is 12.0 Å². The largest absolute Gasteiger partial charge is 0.298 e. The molecule has 0 aromatic carbocycles. The van der Waals surface area contributed by atoms with Gasteiger partial charge in [-0.1, -0.05) is 12.7 Å². The smallest absolute Gasteiger partial charge is 0.149 e. The lowest BCUT2D eigenvalue weighted by Crippen LogP contribution is -1.73. The standard InChI is InChI=1S/C6H6O/c1-5(4-7)6-2-3-6/h2,4H,1,3H2. The van der Waals surface area contributed by atoms with Crippen LogP contribution in [0.3, 0.4) is 0 Å². The predicted octanol–water partition coefficient (Wildman–Crippen LogP) is 1.07. The van der Waals surface area contributed by atoms with Gasteiger partial charge in [-0.3, -0.25) is 4.79 Å². The van der Waals surface area contributed by atoms with Crippen LogP contribution in [0, 0.1) is 0 Å². The van der Waals surface area contributed by atoms with E-state index in [1.807, 2.05) is 6.08 Å². The Hall–Kier alpha value is -0.850. The summed E-state index contributed by atoms with van der Waals surface area (Å²) in [5, 5.41) is 0. The van der Waals surface area contributed by atoms with Gasteiger partial charge >= 0.3 is 0 Å². The van der Waals surface area contributed by atoms with Crippen LogP contribution in [-0.2, 0) is 4.79 Å². The molecule has 0 aromatic rings. The summed E-state index contributed by atoms with van der Waals surface area (Å²) in [4.78, 5) is 9.85. The van der Waals surface area contributed by atoms with Gasteiger partial charge in [0.25, 0.3) is 0 Å². The van der Waals surface area contributed by atoms with Crippen molar-refractivity contribution in [1.29, 1.82) is 0 Å². The maximum Gasteiger partial charge on any atom is 0.149 e. The Bertz CT molecular complexity index is 142. The van der Waals surface area contributed by atoms with Crippen LogP contribution in [0.1, 0.15) is 6.42 Å². The predicted molar refractivity (Wildman–Crippen MR) is 27.9 cm³/mol. The number of hydrogen-bond acceptors (Lipinski definition) is 1. The molecule has 1 aliphatic rings. The summed E-state index contributed by atoms with van der Waals surface area (Å²) in [5.41, 5.74) is 1.75. The molecule has 0 bridgehead atoms. The van der Waals surface area contributed by atoms with Crippen LogP contribution in [0.25, 0.3) is 0 Å². The van der Waals surface area contributed by atoms with Gasteiger partial charge in [0.1, 0.15) is 6.29 Å². The van der Waals surface area contributed by atoms with E-state index in [-0.39, 0.29) is 0 Å². The number of hydrogen-bond donors (Lipinski definition) is 0. The van der Waals surface area contributed by atoms with Crippen molar-refractivity contribution in [3.8, 4) is 0 Å². The van der Waals surface area contributed by atoms with E-state index in [2.05, 4.69) is 6.58 Å². The van der Waals surface area contributed by atoms with E-state index in [1.54, 1.807) is 0 Å². The Morgan fingerprint density at radius 3 is 2.71 bits per heavy atom. The molecule has 0 atom stereocenters. The fraction of sp³-hybridized carbons (Fsp3) is 0.167. The van der Waals surface area contributed by atoms with E-state index in [9.17, 15) is 4.79 Å². The molecule has 0 aliphatic heterocycles. The maximum absolute atomic E-state index is 9.85. The minimum absolute atomic E-state index is 0.639. The fourth-order valence-electron chi connectivity index (χ4n) is 0.389. The first-order valence-electron chi connectivity index (χ1n) is 2.18. The average molecular weight is 94.1 g/mol. The van der Waals surface area contributed by atoms with Crippen molar-refractivity contribution in [2.45, 2.75) is 6.42 Å². The molecule has 1 aliphatic carbocycles. The highest BCUT2D eigenvalue weighted by atomic mass is 16.1. The lowest BCUT2D eigenvalue weighted by atomic mass is 10.3. The van der Waals surface area contributed by atoms with E-state index < -0.39 is 0 Å². The van der Waals surface area contributed by atoms with Crippen LogP contribution in [0.5, 0.6) is 0 Å². The molecule has 0 unspecified atom stereocenters. The highest BCUT2D eigenvalue weighted by Gasteiger charge is 2.08. The summed E-state index contributed by atoms with van der Waals surface area (Å²) < 4.78 is 0. The van der Waals surface area contributed by atoms with Crippen molar-refractivity contribution >= 4 is 6.29 Å². The first-order chi connectivity index (χ1) is 3.34. The van der Waals surface area contributed by atoms with Gasteiger partial charge in [-0.25, -0.2) is 0 Å². The number of aldehydes is 1. The van der Waals surface area contributed by atoms with Gasteiger partial charge in [0.2, 0.25) is 0 Å². The molecule has 7 heavy (non-hydrogen) atoms. The molecule has 0 N–H and O–H groups in total. The summed E-state index contributed by atoms with van der Waals surface area (Å²) in [7, 11) is 0. The topological polar surface area (TPSA) is 17.1 Å². The molecule has 0 radical (unpaired) electrons. The molecule has 1 nitrogen and oxygen atoms in total. The van der Waals surface area contributed by atoms with Crippen LogP contribution in [0.15, 0.2) is 23.8 Å². The highest BCUT2D eigenvalue weighted by molar-refractivity contribution is 5.81. The Balaban J connectivity index is 2.54. The third-order valence-electron chi connectivity index (χ3n) is 0.963. The van der Waals surface area contributed by atoms with Crippen molar-refractivity contribution in [3.63, 3.8) is 0 Å². The lowest BCUT2D eigenvalue weighted by molar-refractivity contribution is -0.104. The van der Waals surface area contributed by atoms with Crippen LogP contribution in [-0.4, -0.2) is 6.29 Å². The minimum Gasteiger partial charge on any atom is -0.298 e. The Kier molecular flexibility index (Phi) is 0.823. The normalized spacial score (nSPS) is 15.1. The van der Waals surface area contributed by atoms with Crippen molar-refractivity contribution < 1.29 is 4.79 Å². The van der Waals surface area contributed by atoms with Gasteiger partial charge < -0.3 is 0 Å². The van der Waals surface area contributed by atoms with Crippen molar-refractivity contribution in [3.05, 3.63) is 23.8 Å². The summed E-state index contributed by atoms with van der Waals surface area (Å²) in [6, 6.07) is 0. The fourth-order valence-corrected chi connectivity index (χ4v) is 0.389. The second-order valence-electron chi connectivity index (χ2n) is 1.58. The quantitative estimate of drug-likeness (QED) is 0.369. The highest BCUT2D eigenvalue weighted by Crippen LogP contribution is 2.23. The number of rotatable bonds is 2. The molecular formula is C6H6O. The Labute approximate surface area is 42.3 Å². The Morgan fingerprint density at radius 1 is 2.00 bits per heavy atom. The van der Waals surface area contributed by atoms with Gasteiger partial charge in [-0.2, -0.15) is 0 Å². The van der Waals surface area contributed by atoms with E-state index in [4.69, 9.17) is 0 Å². The maximum atomic E-state index is 9.85. The molecule has 36 valence electrons. The molecule has 0 amide bonds. The summed E-state index contributed by atoms with van der Waals surface area (Å²) in [5.74, 6) is 0. The first kappa shape index (κ1) is 4.31. The van der Waals surface area contributed by atoms with Crippen molar-refractivity contribution in [2.75, 3.05) is 0 Å². The summed E-state index contributed by atoms with van der Waals surface area (Å²) in [6.45, 7) is 3.50.